The Bertz CT molecular complexity index is 608. The molecule has 2 aromatic rings. The quantitative estimate of drug-likeness (QED) is 0.817. The van der Waals surface area contributed by atoms with Crippen LogP contribution in [-0.2, 0) is 6.54 Å². The zero-order valence-electron chi connectivity index (χ0n) is 12.2. The molecule has 0 aliphatic heterocycles. The van der Waals surface area contributed by atoms with E-state index in [0.717, 1.165) is 30.5 Å². The van der Waals surface area contributed by atoms with Gasteiger partial charge in [-0.2, -0.15) is 0 Å². The summed E-state index contributed by atoms with van der Waals surface area (Å²) in [5, 5.41) is 13.1. The van der Waals surface area contributed by atoms with E-state index in [-0.39, 0.29) is 5.76 Å². The largest absolute Gasteiger partial charge is 0.475 e. The standard InChI is InChI=1S/C16H21NO3/c1-16(2,3)6-7-17-10-11-4-5-13-12(8-11)9-14(20-13)15(18)19/h4-5,8-9,17H,6-7,10H2,1-3H3,(H,18,19). The Balaban J connectivity index is 1.99. The molecule has 0 radical (unpaired) electrons. The second-order valence-corrected chi connectivity index (χ2v) is 6.28. The van der Waals surface area contributed by atoms with Crippen molar-refractivity contribution in [3.05, 3.63) is 35.6 Å². The molecule has 0 fully saturated rings. The number of fused-ring (bicyclic) bond motifs is 1. The molecule has 4 nitrogen and oxygen atoms in total. The molecule has 0 aliphatic rings. The van der Waals surface area contributed by atoms with Gasteiger partial charge in [-0.15, -0.1) is 0 Å². The Morgan fingerprint density at radius 3 is 2.70 bits per heavy atom. The van der Waals surface area contributed by atoms with E-state index >= 15 is 0 Å². The first kappa shape index (κ1) is 14.6. The third kappa shape index (κ3) is 3.84. The van der Waals surface area contributed by atoms with Crippen molar-refractivity contribution in [2.45, 2.75) is 33.7 Å². The number of carboxylic acids is 1. The van der Waals surface area contributed by atoms with Crippen LogP contribution in [0.2, 0.25) is 0 Å². The van der Waals surface area contributed by atoms with Gasteiger partial charge in [-0.3, -0.25) is 0 Å². The highest BCUT2D eigenvalue weighted by atomic mass is 16.4. The van der Waals surface area contributed by atoms with Gasteiger partial charge < -0.3 is 14.8 Å². The fourth-order valence-electron chi connectivity index (χ4n) is 2.00. The van der Waals surface area contributed by atoms with E-state index in [0.29, 0.717) is 11.0 Å². The zero-order valence-corrected chi connectivity index (χ0v) is 12.2. The van der Waals surface area contributed by atoms with Gasteiger partial charge in [0.25, 0.3) is 0 Å². The number of hydrogen-bond donors (Lipinski definition) is 2. The van der Waals surface area contributed by atoms with Gasteiger partial charge in [-0.05, 0) is 42.1 Å². The minimum absolute atomic E-state index is 0.0159. The fraction of sp³-hybridized carbons (Fsp3) is 0.438. The summed E-state index contributed by atoms with van der Waals surface area (Å²) in [5.41, 5.74) is 2.07. The van der Waals surface area contributed by atoms with Crippen molar-refractivity contribution in [2.24, 2.45) is 5.41 Å². The van der Waals surface area contributed by atoms with Crippen molar-refractivity contribution >= 4 is 16.9 Å². The highest BCUT2D eigenvalue weighted by Crippen LogP contribution is 2.21. The second-order valence-electron chi connectivity index (χ2n) is 6.28. The number of furan rings is 1. The Morgan fingerprint density at radius 2 is 2.05 bits per heavy atom. The van der Waals surface area contributed by atoms with Crippen LogP contribution >= 0.6 is 0 Å². The highest BCUT2D eigenvalue weighted by Gasteiger charge is 2.11. The normalized spacial score (nSPS) is 11.9. The molecule has 0 saturated heterocycles. The summed E-state index contributed by atoms with van der Waals surface area (Å²) in [4.78, 5) is 10.9. The molecule has 0 atom stereocenters. The lowest BCUT2D eigenvalue weighted by Crippen LogP contribution is -2.20. The summed E-state index contributed by atoms with van der Waals surface area (Å²) in [6, 6.07) is 7.32. The van der Waals surface area contributed by atoms with E-state index in [9.17, 15) is 4.79 Å². The van der Waals surface area contributed by atoms with Crippen LogP contribution in [0.4, 0.5) is 0 Å². The Labute approximate surface area is 118 Å². The molecule has 0 unspecified atom stereocenters. The van der Waals surface area contributed by atoms with Crippen molar-refractivity contribution < 1.29 is 14.3 Å². The molecular weight excluding hydrogens is 254 g/mol. The summed E-state index contributed by atoms with van der Waals surface area (Å²) >= 11 is 0. The summed E-state index contributed by atoms with van der Waals surface area (Å²) in [6.07, 6.45) is 1.12. The number of nitrogens with one attached hydrogen (secondary N) is 1. The van der Waals surface area contributed by atoms with Crippen LogP contribution < -0.4 is 5.32 Å². The van der Waals surface area contributed by atoms with E-state index in [1.165, 1.54) is 0 Å². The maximum atomic E-state index is 10.9. The molecule has 0 spiro atoms. The molecule has 2 rings (SSSR count). The average molecular weight is 275 g/mol. The predicted octanol–water partition coefficient (Wildman–Crippen LogP) is 3.66. The lowest BCUT2D eigenvalue weighted by atomic mass is 9.92. The van der Waals surface area contributed by atoms with Gasteiger partial charge in [-0.25, -0.2) is 4.79 Å². The lowest BCUT2D eigenvalue weighted by Gasteiger charge is -2.18. The molecule has 1 heterocycles. The van der Waals surface area contributed by atoms with Crippen molar-refractivity contribution in [3.63, 3.8) is 0 Å². The van der Waals surface area contributed by atoms with E-state index in [1.54, 1.807) is 6.07 Å². The molecule has 0 saturated carbocycles. The topological polar surface area (TPSA) is 62.5 Å². The van der Waals surface area contributed by atoms with Crippen molar-refractivity contribution in [3.8, 4) is 0 Å². The number of aromatic carboxylic acids is 1. The third-order valence-corrected chi connectivity index (χ3v) is 3.17. The first-order valence-corrected chi connectivity index (χ1v) is 6.82. The first-order valence-electron chi connectivity index (χ1n) is 6.82. The van der Waals surface area contributed by atoms with Gasteiger partial charge in [0.15, 0.2) is 0 Å². The van der Waals surface area contributed by atoms with Crippen molar-refractivity contribution in [1.82, 2.24) is 5.32 Å². The van der Waals surface area contributed by atoms with Crippen LogP contribution in [0.5, 0.6) is 0 Å². The Morgan fingerprint density at radius 1 is 1.30 bits per heavy atom. The van der Waals surface area contributed by atoms with E-state index in [1.807, 2.05) is 18.2 Å². The van der Waals surface area contributed by atoms with E-state index in [2.05, 4.69) is 26.1 Å². The van der Waals surface area contributed by atoms with E-state index in [4.69, 9.17) is 9.52 Å². The van der Waals surface area contributed by atoms with Crippen LogP contribution in [0.15, 0.2) is 28.7 Å². The monoisotopic (exact) mass is 275 g/mol. The third-order valence-electron chi connectivity index (χ3n) is 3.17. The van der Waals surface area contributed by atoms with Crippen LogP contribution in [0.25, 0.3) is 11.0 Å². The van der Waals surface area contributed by atoms with Crippen molar-refractivity contribution in [1.29, 1.82) is 0 Å². The molecule has 1 aromatic heterocycles. The lowest BCUT2D eigenvalue weighted by molar-refractivity contribution is 0.0665. The molecule has 20 heavy (non-hydrogen) atoms. The number of carboxylic acid groups (broad SMARTS) is 1. The summed E-state index contributed by atoms with van der Waals surface area (Å²) in [6.45, 7) is 8.41. The Hall–Kier alpha value is -1.81. The molecule has 4 heteroatoms. The molecule has 1 aromatic carbocycles. The minimum Gasteiger partial charge on any atom is -0.475 e. The molecular formula is C16H21NO3. The SMILES string of the molecule is CC(C)(C)CCNCc1ccc2oc(C(=O)O)cc2c1. The van der Waals surface area contributed by atoms with Gasteiger partial charge >= 0.3 is 5.97 Å². The van der Waals surface area contributed by atoms with Crippen molar-refractivity contribution in [2.75, 3.05) is 6.54 Å². The number of rotatable bonds is 5. The summed E-state index contributed by atoms with van der Waals surface area (Å²) < 4.78 is 5.23. The average Bonchev–Trinajstić information content (AvgIpc) is 2.76. The van der Waals surface area contributed by atoms with Gasteiger partial charge in [-0.1, -0.05) is 26.8 Å². The maximum absolute atomic E-state index is 10.9. The number of hydrogen-bond acceptors (Lipinski definition) is 3. The summed E-state index contributed by atoms with van der Waals surface area (Å²) in [7, 11) is 0. The number of carbonyl (C=O) groups is 1. The van der Waals surface area contributed by atoms with Gasteiger partial charge in [0.2, 0.25) is 5.76 Å². The minimum atomic E-state index is -1.04. The molecule has 0 amide bonds. The predicted molar refractivity (Wildman–Crippen MR) is 79.0 cm³/mol. The first-order chi connectivity index (χ1) is 9.35. The van der Waals surface area contributed by atoms with Crippen LogP contribution in [0, 0.1) is 5.41 Å². The highest BCUT2D eigenvalue weighted by molar-refractivity contribution is 5.91. The smallest absolute Gasteiger partial charge is 0.371 e. The molecule has 2 N–H and O–H groups in total. The maximum Gasteiger partial charge on any atom is 0.371 e. The molecule has 0 aliphatic carbocycles. The zero-order chi connectivity index (χ0) is 14.8. The van der Waals surface area contributed by atoms with Gasteiger partial charge in [0.1, 0.15) is 5.58 Å². The van der Waals surface area contributed by atoms with Crippen LogP contribution in [0.3, 0.4) is 0 Å². The fourth-order valence-corrected chi connectivity index (χ4v) is 2.00. The van der Waals surface area contributed by atoms with E-state index < -0.39 is 5.97 Å². The Kier molecular flexibility index (Phi) is 4.14. The molecule has 108 valence electrons. The van der Waals surface area contributed by atoms with Gasteiger partial charge in [0, 0.05) is 11.9 Å². The van der Waals surface area contributed by atoms with Crippen LogP contribution in [-0.4, -0.2) is 17.6 Å². The summed E-state index contributed by atoms with van der Waals surface area (Å²) in [5.74, 6) is -1.05. The van der Waals surface area contributed by atoms with Gasteiger partial charge in [0.05, 0.1) is 0 Å². The number of benzene rings is 1. The van der Waals surface area contributed by atoms with Crippen LogP contribution in [0.1, 0.15) is 43.3 Å². The second kappa shape index (κ2) is 5.67. The molecule has 0 bridgehead atoms.